The third kappa shape index (κ3) is 5.60. The molecule has 0 bridgehead atoms. The number of aromatic nitrogens is 1. The lowest BCUT2D eigenvalue weighted by Gasteiger charge is -2.28. The molecular weight excluding hydrogens is 693 g/mol. The first-order chi connectivity index (χ1) is 28.3. The van der Waals surface area contributed by atoms with Crippen LogP contribution in [0.3, 0.4) is 0 Å². The number of nitrogens with zero attached hydrogens (tertiary/aromatic N) is 2. The fourth-order valence-corrected chi connectivity index (χ4v) is 8.48. The van der Waals surface area contributed by atoms with E-state index in [-0.39, 0.29) is 0 Å². The standard InChI is InChI=1S/C54H36N2O/c1-4-14-37(15-5-1)40-24-30-43(31-25-40)55(44-32-26-41(27-33-44)38-16-6-2-7-17-38)50-36-48-46-20-11-13-23-51(46)57-54(48)52-47-21-10-12-22-49(47)56(53(50)52)45-34-28-42(29-35-45)39-18-8-3-9-19-39/h1-36H. The highest BCUT2D eigenvalue weighted by atomic mass is 16.3. The molecule has 9 aromatic carbocycles. The van der Waals surface area contributed by atoms with Gasteiger partial charge in [-0.15, -0.1) is 0 Å². The van der Waals surface area contributed by atoms with E-state index in [4.69, 9.17) is 4.42 Å². The van der Waals surface area contributed by atoms with Gasteiger partial charge < -0.3 is 13.9 Å². The second-order valence-electron chi connectivity index (χ2n) is 14.5. The molecule has 11 rings (SSSR count). The minimum atomic E-state index is 0.876. The van der Waals surface area contributed by atoms with E-state index >= 15 is 0 Å². The summed E-state index contributed by atoms with van der Waals surface area (Å²) >= 11 is 0. The van der Waals surface area contributed by atoms with E-state index in [0.717, 1.165) is 66.5 Å². The number of hydrogen-bond donors (Lipinski definition) is 0. The summed E-state index contributed by atoms with van der Waals surface area (Å²) in [5.41, 5.74) is 15.3. The van der Waals surface area contributed by atoms with Crippen molar-refractivity contribution in [3.05, 3.63) is 218 Å². The fourth-order valence-electron chi connectivity index (χ4n) is 8.48. The van der Waals surface area contributed by atoms with Crippen LogP contribution in [-0.2, 0) is 0 Å². The predicted molar refractivity (Wildman–Crippen MR) is 239 cm³/mol. The Kier molecular flexibility index (Phi) is 7.82. The first-order valence-electron chi connectivity index (χ1n) is 19.4. The van der Waals surface area contributed by atoms with Gasteiger partial charge in [-0.25, -0.2) is 0 Å². The molecule has 57 heavy (non-hydrogen) atoms. The Hall–Kier alpha value is -7.62. The second-order valence-corrected chi connectivity index (χ2v) is 14.5. The molecule has 11 aromatic rings. The Morgan fingerprint density at radius 3 is 1.35 bits per heavy atom. The van der Waals surface area contributed by atoms with Crippen molar-refractivity contribution in [2.75, 3.05) is 4.90 Å². The van der Waals surface area contributed by atoms with E-state index < -0.39 is 0 Å². The molecule has 0 aliphatic carbocycles. The summed E-state index contributed by atoms with van der Waals surface area (Å²) < 4.78 is 9.27. The number of fused-ring (bicyclic) bond motifs is 7. The molecule has 0 N–H and O–H groups in total. The van der Waals surface area contributed by atoms with Crippen LogP contribution in [0.25, 0.3) is 82.8 Å². The molecular formula is C54H36N2O. The zero-order valence-corrected chi connectivity index (χ0v) is 31.1. The van der Waals surface area contributed by atoms with E-state index in [0.29, 0.717) is 0 Å². The van der Waals surface area contributed by atoms with Gasteiger partial charge in [0.25, 0.3) is 0 Å². The molecule has 0 aliphatic rings. The van der Waals surface area contributed by atoms with E-state index in [1.807, 2.05) is 0 Å². The lowest BCUT2D eigenvalue weighted by Crippen LogP contribution is -2.12. The Balaban J connectivity index is 1.22. The Morgan fingerprint density at radius 1 is 0.368 bits per heavy atom. The third-order valence-corrected chi connectivity index (χ3v) is 11.2. The topological polar surface area (TPSA) is 21.3 Å². The van der Waals surface area contributed by atoms with E-state index in [9.17, 15) is 0 Å². The van der Waals surface area contributed by atoms with Gasteiger partial charge in [-0.2, -0.15) is 0 Å². The Bertz CT molecular complexity index is 3100. The number of rotatable bonds is 7. The van der Waals surface area contributed by atoms with Crippen molar-refractivity contribution in [1.29, 1.82) is 0 Å². The van der Waals surface area contributed by atoms with Crippen molar-refractivity contribution in [2.45, 2.75) is 0 Å². The average Bonchev–Trinajstić information content (AvgIpc) is 3.84. The summed E-state index contributed by atoms with van der Waals surface area (Å²) in [7, 11) is 0. The molecule has 3 heteroatoms. The highest BCUT2D eigenvalue weighted by Gasteiger charge is 2.26. The van der Waals surface area contributed by atoms with Crippen molar-refractivity contribution < 1.29 is 4.42 Å². The van der Waals surface area contributed by atoms with Crippen LogP contribution in [0.4, 0.5) is 17.1 Å². The van der Waals surface area contributed by atoms with Gasteiger partial charge in [0.15, 0.2) is 0 Å². The zero-order valence-electron chi connectivity index (χ0n) is 31.1. The SMILES string of the molecule is c1ccc(-c2ccc(N(c3ccc(-c4ccccc4)cc3)c3cc4c5ccccc5oc4c4c5ccccc5n(-c5ccc(-c6ccccc6)cc5)c34)cc2)cc1. The molecule has 0 unspecified atom stereocenters. The lowest BCUT2D eigenvalue weighted by atomic mass is 10.0. The minimum Gasteiger partial charge on any atom is -0.455 e. The fraction of sp³-hybridized carbons (Fsp3) is 0. The predicted octanol–water partition coefficient (Wildman–Crippen LogP) is 15.2. The van der Waals surface area contributed by atoms with Gasteiger partial charge in [-0.05, 0) is 88.0 Å². The normalized spacial score (nSPS) is 11.5. The average molecular weight is 729 g/mol. The van der Waals surface area contributed by atoms with Crippen LogP contribution >= 0.6 is 0 Å². The van der Waals surface area contributed by atoms with E-state index in [1.54, 1.807) is 0 Å². The van der Waals surface area contributed by atoms with Crippen LogP contribution in [-0.4, -0.2) is 4.57 Å². The van der Waals surface area contributed by atoms with Crippen molar-refractivity contribution in [1.82, 2.24) is 4.57 Å². The first kappa shape index (κ1) is 32.8. The largest absolute Gasteiger partial charge is 0.455 e. The van der Waals surface area contributed by atoms with Gasteiger partial charge in [-0.1, -0.05) is 164 Å². The molecule has 0 spiro atoms. The highest BCUT2D eigenvalue weighted by Crippen LogP contribution is 2.49. The quantitative estimate of drug-likeness (QED) is 0.163. The summed E-state index contributed by atoms with van der Waals surface area (Å²) in [5.74, 6) is 0. The summed E-state index contributed by atoms with van der Waals surface area (Å²) in [6.45, 7) is 0. The molecule has 2 aromatic heterocycles. The van der Waals surface area contributed by atoms with E-state index in [1.165, 1.54) is 33.4 Å². The maximum atomic E-state index is 6.84. The van der Waals surface area contributed by atoms with Crippen molar-refractivity contribution in [3.63, 3.8) is 0 Å². The van der Waals surface area contributed by atoms with Crippen LogP contribution in [0.2, 0.25) is 0 Å². The minimum absolute atomic E-state index is 0.876. The van der Waals surface area contributed by atoms with Gasteiger partial charge in [0.05, 0.1) is 22.1 Å². The molecule has 0 atom stereocenters. The number of hydrogen-bond acceptors (Lipinski definition) is 2. The number of benzene rings is 9. The summed E-state index contributed by atoms with van der Waals surface area (Å²) in [6, 6.07) is 78.1. The molecule has 0 saturated heterocycles. The maximum Gasteiger partial charge on any atom is 0.145 e. The van der Waals surface area contributed by atoms with Crippen LogP contribution in [0.1, 0.15) is 0 Å². The number of furan rings is 1. The third-order valence-electron chi connectivity index (χ3n) is 11.2. The molecule has 0 aliphatic heterocycles. The lowest BCUT2D eigenvalue weighted by molar-refractivity contribution is 0.673. The monoisotopic (exact) mass is 728 g/mol. The van der Waals surface area contributed by atoms with Crippen LogP contribution in [0.15, 0.2) is 223 Å². The van der Waals surface area contributed by atoms with Crippen molar-refractivity contribution >= 4 is 60.8 Å². The van der Waals surface area contributed by atoms with Gasteiger partial charge >= 0.3 is 0 Å². The van der Waals surface area contributed by atoms with Gasteiger partial charge in [0.1, 0.15) is 11.2 Å². The van der Waals surface area contributed by atoms with Gasteiger partial charge in [0, 0.05) is 33.2 Å². The van der Waals surface area contributed by atoms with Crippen LogP contribution in [0, 0.1) is 0 Å². The van der Waals surface area contributed by atoms with Crippen molar-refractivity contribution in [2.24, 2.45) is 0 Å². The molecule has 0 radical (unpaired) electrons. The Labute approximate surface area is 330 Å². The Morgan fingerprint density at radius 2 is 0.807 bits per heavy atom. The van der Waals surface area contributed by atoms with E-state index in [2.05, 4.69) is 228 Å². The smallest absolute Gasteiger partial charge is 0.145 e. The molecule has 2 heterocycles. The molecule has 0 amide bonds. The highest BCUT2D eigenvalue weighted by molar-refractivity contribution is 6.27. The maximum absolute atomic E-state index is 6.84. The zero-order chi connectivity index (χ0) is 37.7. The summed E-state index contributed by atoms with van der Waals surface area (Å²) in [5, 5.41) is 4.42. The van der Waals surface area contributed by atoms with Crippen LogP contribution < -0.4 is 4.90 Å². The van der Waals surface area contributed by atoms with Gasteiger partial charge in [0.2, 0.25) is 0 Å². The molecule has 0 fully saturated rings. The summed E-state index contributed by atoms with van der Waals surface area (Å²) in [6.07, 6.45) is 0. The second kappa shape index (κ2) is 13.6. The van der Waals surface area contributed by atoms with Crippen LogP contribution in [0.5, 0.6) is 0 Å². The molecule has 268 valence electrons. The molecule has 0 saturated carbocycles. The number of anilines is 3. The number of para-hydroxylation sites is 2. The van der Waals surface area contributed by atoms with Gasteiger partial charge in [-0.3, -0.25) is 0 Å². The van der Waals surface area contributed by atoms with Crippen molar-refractivity contribution in [3.8, 4) is 39.1 Å². The first-order valence-corrected chi connectivity index (χ1v) is 19.4. The summed E-state index contributed by atoms with van der Waals surface area (Å²) in [4.78, 5) is 2.42. The molecule has 3 nitrogen and oxygen atoms in total.